The van der Waals surface area contributed by atoms with Gasteiger partial charge in [-0.25, -0.2) is 10.0 Å². The van der Waals surface area contributed by atoms with Crippen LogP contribution in [-0.4, -0.2) is 56.2 Å². The van der Waals surface area contributed by atoms with E-state index in [1.165, 1.54) is 39.1 Å². The van der Waals surface area contributed by atoms with Gasteiger partial charge in [-0.1, -0.05) is 60.7 Å². The van der Waals surface area contributed by atoms with Crippen molar-refractivity contribution in [3.63, 3.8) is 0 Å². The molecule has 0 aromatic heterocycles. The van der Waals surface area contributed by atoms with E-state index in [-0.39, 0.29) is 5.70 Å². The average Bonchev–Trinajstić information content (AvgIpc) is 2.81. The van der Waals surface area contributed by atoms with Crippen LogP contribution < -0.4 is 0 Å². The van der Waals surface area contributed by atoms with Crippen LogP contribution >= 0.6 is 0 Å². The fraction of sp³-hybridized carbons (Fsp3) is 0.308. The molecule has 3 rings (SSSR count). The summed E-state index contributed by atoms with van der Waals surface area (Å²) in [6, 6.07) is 14.0. The fourth-order valence-electron chi connectivity index (χ4n) is 4.13. The number of alkyl halides is 3. The molecule has 0 saturated heterocycles. The highest BCUT2D eigenvalue weighted by atomic mass is 19.4. The second kappa shape index (κ2) is 9.96. The molecule has 2 aromatic rings. The van der Waals surface area contributed by atoms with Gasteiger partial charge in [0.2, 0.25) is 11.8 Å². The molecule has 0 fully saturated rings. The zero-order valence-electron chi connectivity index (χ0n) is 20.2. The Morgan fingerprint density at radius 1 is 0.944 bits per heavy atom. The van der Waals surface area contributed by atoms with Crippen LogP contribution in [0.4, 0.5) is 13.2 Å². The standard InChI is InChI=1S/C26H26F3N3O4/c1-17(33)30-16-22(20-13-9-6-10-14-20)32(24(36)25(30,3)4)31(18(2)34)21(23(35)26(27,28)29)15-19-11-7-5-8-12-19/h5-14,16,21H,15H2,1-4H3. The summed E-state index contributed by atoms with van der Waals surface area (Å²) in [5.41, 5.74) is -0.850. The molecule has 0 spiro atoms. The van der Waals surface area contributed by atoms with Crippen LogP contribution in [0.2, 0.25) is 0 Å². The fourth-order valence-corrected chi connectivity index (χ4v) is 4.13. The molecule has 7 nitrogen and oxygen atoms in total. The van der Waals surface area contributed by atoms with Crippen molar-refractivity contribution in [1.29, 1.82) is 0 Å². The lowest BCUT2D eigenvalue weighted by molar-refractivity contribution is -0.188. The average molecular weight is 502 g/mol. The number of halogens is 3. The van der Waals surface area contributed by atoms with Gasteiger partial charge in [0.1, 0.15) is 11.6 Å². The van der Waals surface area contributed by atoms with Crippen molar-refractivity contribution < 1.29 is 32.3 Å². The van der Waals surface area contributed by atoms with E-state index in [1.807, 2.05) is 0 Å². The predicted octanol–water partition coefficient (Wildman–Crippen LogP) is 3.96. The molecule has 1 aliphatic heterocycles. The van der Waals surface area contributed by atoms with Gasteiger partial charge in [0.25, 0.3) is 11.7 Å². The summed E-state index contributed by atoms with van der Waals surface area (Å²) in [4.78, 5) is 53.0. The Morgan fingerprint density at radius 2 is 1.47 bits per heavy atom. The number of nitrogens with zero attached hydrogens (tertiary/aromatic N) is 3. The van der Waals surface area contributed by atoms with Crippen molar-refractivity contribution in [2.45, 2.75) is 51.9 Å². The maximum atomic E-state index is 13.8. The van der Waals surface area contributed by atoms with Gasteiger partial charge in [-0.2, -0.15) is 13.2 Å². The van der Waals surface area contributed by atoms with Crippen LogP contribution in [0, 0.1) is 0 Å². The summed E-state index contributed by atoms with van der Waals surface area (Å²) in [7, 11) is 0. The third-order valence-corrected chi connectivity index (χ3v) is 5.89. The lowest BCUT2D eigenvalue weighted by Crippen LogP contribution is -2.66. The highest BCUT2D eigenvalue weighted by Gasteiger charge is 2.52. The first-order valence-corrected chi connectivity index (χ1v) is 11.1. The van der Waals surface area contributed by atoms with Gasteiger partial charge in [0.15, 0.2) is 0 Å². The number of benzene rings is 2. The summed E-state index contributed by atoms with van der Waals surface area (Å²) >= 11 is 0. The molecule has 3 amide bonds. The van der Waals surface area contributed by atoms with Gasteiger partial charge in [0, 0.05) is 32.0 Å². The van der Waals surface area contributed by atoms with Crippen molar-refractivity contribution >= 4 is 29.2 Å². The quantitative estimate of drug-likeness (QED) is 0.601. The van der Waals surface area contributed by atoms with Gasteiger partial charge < -0.3 is 4.90 Å². The molecule has 190 valence electrons. The molecule has 10 heteroatoms. The number of carbonyl (C=O) groups is 4. The smallest absolute Gasteiger partial charge is 0.302 e. The van der Waals surface area contributed by atoms with E-state index in [4.69, 9.17) is 0 Å². The van der Waals surface area contributed by atoms with Crippen LogP contribution in [0.3, 0.4) is 0 Å². The van der Waals surface area contributed by atoms with Crippen molar-refractivity contribution in [3.05, 3.63) is 78.0 Å². The SMILES string of the molecule is CC(=O)N(C(Cc1ccccc1)C(=O)C(F)(F)F)N1C(=O)C(C)(C)N(C(C)=O)C=C1c1ccccc1. The van der Waals surface area contributed by atoms with Crippen molar-refractivity contribution in [2.75, 3.05) is 0 Å². The highest BCUT2D eigenvalue weighted by molar-refractivity contribution is 6.01. The lowest BCUT2D eigenvalue weighted by Gasteiger charge is -2.48. The largest absolute Gasteiger partial charge is 0.452 e. The van der Waals surface area contributed by atoms with E-state index in [0.717, 1.165) is 16.8 Å². The Bertz CT molecular complexity index is 1190. The van der Waals surface area contributed by atoms with E-state index in [2.05, 4.69) is 0 Å². The Morgan fingerprint density at radius 3 is 1.94 bits per heavy atom. The molecule has 0 bridgehead atoms. The molecular weight excluding hydrogens is 475 g/mol. The summed E-state index contributed by atoms with van der Waals surface area (Å²) in [5, 5.41) is 1.36. The van der Waals surface area contributed by atoms with Crippen molar-refractivity contribution in [1.82, 2.24) is 14.9 Å². The molecule has 1 heterocycles. The first-order chi connectivity index (χ1) is 16.8. The maximum absolute atomic E-state index is 13.8. The number of hydrogen-bond acceptors (Lipinski definition) is 4. The normalized spacial score (nSPS) is 16.3. The Balaban J connectivity index is 2.27. The van der Waals surface area contributed by atoms with Gasteiger partial charge in [-0.15, -0.1) is 0 Å². The molecule has 0 N–H and O–H groups in total. The first kappa shape index (κ1) is 26.7. The predicted molar refractivity (Wildman–Crippen MR) is 125 cm³/mol. The van der Waals surface area contributed by atoms with Crippen LogP contribution in [0.15, 0.2) is 66.9 Å². The maximum Gasteiger partial charge on any atom is 0.452 e. The minimum Gasteiger partial charge on any atom is -0.302 e. The zero-order valence-corrected chi connectivity index (χ0v) is 20.2. The molecule has 0 saturated carbocycles. The van der Waals surface area contributed by atoms with E-state index < -0.39 is 47.7 Å². The number of ketones is 1. The van der Waals surface area contributed by atoms with E-state index >= 15 is 0 Å². The minimum absolute atomic E-state index is 0.0154. The van der Waals surface area contributed by atoms with Gasteiger partial charge in [-0.3, -0.25) is 19.2 Å². The zero-order chi connectivity index (χ0) is 26.8. The van der Waals surface area contributed by atoms with E-state index in [9.17, 15) is 32.3 Å². The van der Waals surface area contributed by atoms with Crippen LogP contribution in [0.5, 0.6) is 0 Å². The topological polar surface area (TPSA) is 78.0 Å². The summed E-state index contributed by atoms with van der Waals surface area (Å²) in [5.74, 6) is -4.45. The van der Waals surface area contributed by atoms with Gasteiger partial charge in [-0.05, 0) is 19.4 Å². The van der Waals surface area contributed by atoms with Crippen LogP contribution in [-0.2, 0) is 25.6 Å². The molecule has 2 aromatic carbocycles. The van der Waals surface area contributed by atoms with Crippen LogP contribution in [0.1, 0.15) is 38.8 Å². The highest BCUT2D eigenvalue weighted by Crippen LogP contribution is 2.36. The minimum atomic E-state index is -5.27. The number of carbonyl (C=O) groups excluding carboxylic acids is 4. The molecule has 1 unspecified atom stereocenters. The molecule has 36 heavy (non-hydrogen) atoms. The van der Waals surface area contributed by atoms with Gasteiger partial charge in [0.05, 0.1) is 5.70 Å². The second-order valence-corrected chi connectivity index (χ2v) is 8.88. The summed E-state index contributed by atoms with van der Waals surface area (Å²) in [6.45, 7) is 5.07. The third kappa shape index (κ3) is 5.17. The first-order valence-electron chi connectivity index (χ1n) is 11.1. The summed E-state index contributed by atoms with van der Waals surface area (Å²) in [6.07, 6.45) is -4.45. The Labute approximate surface area is 206 Å². The van der Waals surface area contributed by atoms with Crippen molar-refractivity contribution in [3.8, 4) is 0 Å². The third-order valence-electron chi connectivity index (χ3n) is 5.89. The summed E-state index contributed by atoms with van der Waals surface area (Å²) < 4.78 is 41.3. The monoisotopic (exact) mass is 501 g/mol. The molecule has 0 radical (unpaired) electrons. The number of hydrogen-bond donors (Lipinski definition) is 0. The lowest BCUT2D eigenvalue weighted by atomic mass is 9.96. The number of hydrazine groups is 1. The molecule has 0 aliphatic carbocycles. The molecular formula is C26H26F3N3O4. The van der Waals surface area contributed by atoms with E-state index in [1.54, 1.807) is 48.5 Å². The molecule has 1 atom stereocenters. The number of Topliss-reactive ketones (excluding diaryl/α,β-unsaturated/α-hetero) is 1. The van der Waals surface area contributed by atoms with Crippen molar-refractivity contribution in [2.24, 2.45) is 0 Å². The molecule has 1 aliphatic rings. The van der Waals surface area contributed by atoms with Crippen LogP contribution in [0.25, 0.3) is 5.70 Å². The van der Waals surface area contributed by atoms with Gasteiger partial charge >= 0.3 is 6.18 Å². The number of rotatable bonds is 6. The second-order valence-electron chi connectivity index (χ2n) is 8.88. The number of amides is 3. The van der Waals surface area contributed by atoms with E-state index in [0.29, 0.717) is 16.1 Å². The Hall–Kier alpha value is -3.95. The Kier molecular flexibility index (Phi) is 7.38.